The number of hydrogen-bond acceptors (Lipinski definition) is 7. The third-order valence-corrected chi connectivity index (χ3v) is 8.59. The predicted octanol–water partition coefficient (Wildman–Crippen LogP) is 5.66. The van der Waals surface area contributed by atoms with Crippen LogP contribution in [0, 0.1) is 11.8 Å². The Balaban J connectivity index is 1.02. The molecule has 44 heavy (non-hydrogen) atoms. The number of carbonyl (C=O) groups excluding carboxylic acids is 2. The summed E-state index contributed by atoms with van der Waals surface area (Å²) in [5.41, 5.74) is 4.00. The molecule has 234 valence electrons. The van der Waals surface area contributed by atoms with Gasteiger partial charge in [-0.3, -0.25) is 15.0 Å². The quantitative estimate of drug-likeness (QED) is 0.253. The highest BCUT2D eigenvalue weighted by molar-refractivity contribution is 5.91. The molecule has 3 aromatic rings. The van der Waals surface area contributed by atoms with Crippen LogP contribution in [0.4, 0.5) is 10.5 Å². The Morgan fingerprint density at radius 1 is 0.909 bits per heavy atom. The third-order valence-electron chi connectivity index (χ3n) is 8.59. The fraction of sp³-hybridized carbons (Fsp3) is 0.429. The van der Waals surface area contributed by atoms with Gasteiger partial charge in [0.15, 0.2) is 6.29 Å². The van der Waals surface area contributed by atoms with E-state index in [1.807, 2.05) is 66.7 Å². The molecule has 5 rings (SSSR count). The first-order valence-electron chi connectivity index (χ1n) is 15.3. The van der Waals surface area contributed by atoms with Gasteiger partial charge in [-0.15, -0.1) is 0 Å². The molecule has 1 N–H and O–H groups in total. The molecule has 1 aliphatic carbocycles. The smallest absolute Gasteiger partial charge is 0.411 e. The number of anilines is 1. The SMILES string of the molecule is COC(CN(C)C(=O)CCOc1ccc(CN2C[C@H]3C[C@H](OC(=O)Nc4ccccc4-c4ccccc4)C[C@H]3C2)cc1)OC. The van der Waals surface area contributed by atoms with Gasteiger partial charge in [0.05, 0.1) is 25.3 Å². The topological polar surface area (TPSA) is 89.6 Å². The van der Waals surface area contributed by atoms with Gasteiger partial charge in [0.2, 0.25) is 5.91 Å². The van der Waals surface area contributed by atoms with Crippen molar-refractivity contribution in [3.05, 3.63) is 84.4 Å². The zero-order valence-electron chi connectivity index (χ0n) is 25.8. The monoisotopic (exact) mass is 601 g/mol. The van der Waals surface area contributed by atoms with Crippen LogP contribution < -0.4 is 10.1 Å². The van der Waals surface area contributed by atoms with Gasteiger partial charge in [0.25, 0.3) is 0 Å². The highest BCUT2D eigenvalue weighted by atomic mass is 16.7. The van der Waals surface area contributed by atoms with Crippen LogP contribution in [0.25, 0.3) is 11.1 Å². The van der Waals surface area contributed by atoms with Gasteiger partial charge in [-0.1, -0.05) is 60.7 Å². The summed E-state index contributed by atoms with van der Waals surface area (Å²) >= 11 is 0. The average molecular weight is 602 g/mol. The fourth-order valence-electron chi connectivity index (χ4n) is 6.29. The second-order valence-corrected chi connectivity index (χ2v) is 11.7. The number of methoxy groups -OCH3 is 2. The van der Waals surface area contributed by atoms with Crippen molar-refractivity contribution in [3.63, 3.8) is 0 Å². The Bertz CT molecular complexity index is 1350. The van der Waals surface area contributed by atoms with Gasteiger partial charge >= 0.3 is 6.09 Å². The Kier molecular flexibility index (Phi) is 10.9. The van der Waals surface area contributed by atoms with E-state index in [1.54, 1.807) is 26.2 Å². The summed E-state index contributed by atoms with van der Waals surface area (Å²) in [5, 5.41) is 2.97. The van der Waals surface area contributed by atoms with Crippen LogP contribution in [0.5, 0.6) is 5.75 Å². The Morgan fingerprint density at radius 2 is 1.57 bits per heavy atom. The van der Waals surface area contributed by atoms with Crippen molar-refractivity contribution in [2.75, 3.05) is 52.8 Å². The van der Waals surface area contributed by atoms with E-state index in [0.29, 0.717) is 25.0 Å². The molecule has 0 spiro atoms. The molecule has 9 heteroatoms. The van der Waals surface area contributed by atoms with Gasteiger partial charge in [-0.2, -0.15) is 0 Å². The molecule has 1 aliphatic heterocycles. The minimum atomic E-state index is -0.442. The first kappa shape index (κ1) is 31.5. The molecule has 0 aromatic heterocycles. The number of ether oxygens (including phenoxy) is 4. The van der Waals surface area contributed by atoms with Crippen LogP contribution >= 0.6 is 0 Å². The van der Waals surface area contributed by atoms with Crippen molar-refractivity contribution in [2.24, 2.45) is 11.8 Å². The normalized spacial score (nSPS) is 19.5. The van der Waals surface area contributed by atoms with E-state index < -0.39 is 6.29 Å². The molecule has 3 atom stereocenters. The number of fused-ring (bicyclic) bond motifs is 1. The molecule has 1 saturated heterocycles. The summed E-state index contributed by atoms with van der Waals surface area (Å²) in [5.74, 6) is 1.79. The van der Waals surface area contributed by atoms with Gasteiger partial charge in [-0.05, 0) is 54.0 Å². The maximum absolute atomic E-state index is 12.8. The van der Waals surface area contributed by atoms with Gasteiger partial charge in [0, 0.05) is 46.5 Å². The Hall–Kier alpha value is -3.92. The fourth-order valence-corrected chi connectivity index (χ4v) is 6.29. The van der Waals surface area contributed by atoms with E-state index in [2.05, 4.69) is 22.3 Å². The number of nitrogens with zero attached hydrogens (tertiary/aromatic N) is 2. The van der Waals surface area contributed by atoms with Gasteiger partial charge in [0.1, 0.15) is 11.9 Å². The van der Waals surface area contributed by atoms with Crippen molar-refractivity contribution in [2.45, 2.75) is 38.2 Å². The molecule has 9 nitrogen and oxygen atoms in total. The first-order valence-corrected chi connectivity index (χ1v) is 15.3. The average Bonchev–Trinajstić information content (AvgIpc) is 3.59. The standard InChI is InChI=1S/C35H43N3O6/c1-37(24-34(41-2)42-3)33(39)17-18-43-29-15-13-25(14-16-29)21-38-22-27-19-30(20-28(27)23-38)44-35(40)36-32-12-8-7-11-31(32)26-9-5-4-6-10-26/h4-16,27-28,30,34H,17-24H2,1-3H3,(H,36,40)/t27-,28+,30+. The molecular formula is C35H43N3O6. The van der Waals surface area contributed by atoms with Crippen LogP contribution in [-0.2, 0) is 25.5 Å². The number of carbonyl (C=O) groups is 2. The van der Waals surface area contributed by atoms with Crippen LogP contribution in [0.1, 0.15) is 24.8 Å². The van der Waals surface area contributed by atoms with Crippen LogP contribution in [0.2, 0.25) is 0 Å². The van der Waals surface area contributed by atoms with E-state index in [0.717, 1.165) is 55.0 Å². The molecular weight excluding hydrogens is 558 g/mol. The Morgan fingerprint density at radius 3 is 2.25 bits per heavy atom. The highest BCUT2D eigenvalue weighted by Crippen LogP contribution is 2.40. The maximum Gasteiger partial charge on any atom is 0.411 e. The number of hydrogen-bond donors (Lipinski definition) is 1. The zero-order chi connectivity index (χ0) is 30.9. The van der Waals surface area contributed by atoms with Gasteiger partial charge in [-0.25, -0.2) is 4.79 Å². The number of para-hydroxylation sites is 1. The Labute approximate surface area is 260 Å². The summed E-state index contributed by atoms with van der Waals surface area (Å²) in [4.78, 5) is 29.2. The maximum atomic E-state index is 12.8. The number of rotatable bonds is 13. The van der Waals surface area contributed by atoms with Crippen LogP contribution in [-0.4, -0.2) is 81.7 Å². The molecule has 3 aromatic carbocycles. The number of nitrogens with one attached hydrogen (secondary N) is 1. The van der Waals surface area contributed by atoms with E-state index >= 15 is 0 Å². The van der Waals surface area contributed by atoms with E-state index in [9.17, 15) is 9.59 Å². The lowest BCUT2D eigenvalue weighted by Crippen LogP contribution is -2.36. The van der Waals surface area contributed by atoms with Crippen molar-refractivity contribution >= 4 is 17.7 Å². The van der Waals surface area contributed by atoms with Crippen LogP contribution in [0.3, 0.4) is 0 Å². The third kappa shape index (κ3) is 8.37. The summed E-state index contributed by atoms with van der Waals surface area (Å²) in [6, 6.07) is 25.9. The predicted molar refractivity (Wildman–Crippen MR) is 169 cm³/mol. The van der Waals surface area contributed by atoms with E-state index in [-0.39, 0.29) is 24.5 Å². The lowest BCUT2D eigenvalue weighted by atomic mass is 10.0. The van der Waals surface area contributed by atoms with Crippen molar-refractivity contribution in [1.29, 1.82) is 0 Å². The van der Waals surface area contributed by atoms with E-state index in [4.69, 9.17) is 18.9 Å². The number of likely N-dealkylation sites (tertiary alicyclic amines) is 1. The molecule has 0 bridgehead atoms. The summed E-state index contributed by atoms with van der Waals surface area (Å²) < 4.78 is 22.0. The number of likely N-dealkylation sites (N-methyl/N-ethyl adjacent to an activating group) is 1. The zero-order valence-corrected chi connectivity index (χ0v) is 25.8. The molecule has 1 saturated carbocycles. The van der Waals surface area contributed by atoms with Crippen molar-refractivity contribution < 1.29 is 28.5 Å². The van der Waals surface area contributed by atoms with Crippen LogP contribution in [0.15, 0.2) is 78.9 Å². The lowest BCUT2D eigenvalue weighted by Gasteiger charge is -2.22. The molecule has 2 amide bonds. The minimum Gasteiger partial charge on any atom is -0.493 e. The number of benzene rings is 3. The molecule has 1 heterocycles. The van der Waals surface area contributed by atoms with Crippen molar-refractivity contribution in [3.8, 4) is 16.9 Å². The van der Waals surface area contributed by atoms with E-state index in [1.165, 1.54) is 5.56 Å². The number of amides is 2. The molecule has 0 radical (unpaired) electrons. The molecule has 2 fully saturated rings. The molecule has 0 unspecified atom stereocenters. The first-order chi connectivity index (χ1) is 21.4. The second kappa shape index (κ2) is 15.2. The molecule has 2 aliphatic rings. The largest absolute Gasteiger partial charge is 0.493 e. The van der Waals surface area contributed by atoms with Crippen molar-refractivity contribution in [1.82, 2.24) is 9.80 Å². The second-order valence-electron chi connectivity index (χ2n) is 11.7. The van der Waals surface area contributed by atoms with Gasteiger partial charge < -0.3 is 23.8 Å². The lowest BCUT2D eigenvalue weighted by molar-refractivity contribution is -0.143. The summed E-state index contributed by atoms with van der Waals surface area (Å²) in [6.45, 7) is 3.56. The summed E-state index contributed by atoms with van der Waals surface area (Å²) in [7, 11) is 4.83. The highest BCUT2D eigenvalue weighted by Gasteiger charge is 2.42. The summed E-state index contributed by atoms with van der Waals surface area (Å²) in [6.07, 6.45) is 1.19. The minimum absolute atomic E-state index is 0.0260.